The van der Waals surface area contributed by atoms with E-state index in [4.69, 9.17) is 10.5 Å². The minimum atomic E-state index is -3.60. The fourth-order valence-corrected chi connectivity index (χ4v) is 6.24. The SMILES string of the molecule is NC1=NS(=O)(=O)Cc2cccc(OC[C@H]3CCCN(C(=O)c4ccnc(N5CCCCC5)c4)C3)c21. The molecule has 1 aromatic carbocycles. The molecule has 2 N–H and O–H groups in total. The largest absolute Gasteiger partial charge is 0.492 e. The van der Waals surface area contributed by atoms with E-state index in [0.717, 1.165) is 51.1 Å². The molecule has 0 aliphatic carbocycles. The van der Waals surface area contributed by atoms with Crippen molar-refractivity contribution in [3.05, 3.63) is 53.2 Å². The van der Waals surface area contributed by atoms with Gasteiger partial charge in [-0.05, 0) is 55.9 Å². The lowest BCUT2D eigenvalue weighted by atomic mass is 9.98. The minimum Gasteiger partial charge on any atom is -0.492 e. The quantitative estimate of drug-likeness (QED) is 0.674. The van der Waals surface area contributed by atoms with Gasteiger partial charge >= 0.3 is 0 Å². The first-order chi connectivity index (χ1) is 16.9. The molecule has 2 aromatic rings. The van der Waals surface area contributed by atoms with Gasteiger partial charge in [0.05, 0.1) is 17.9 Å². The van der Waals surface area contributed by atoms with Gasteiger partial charge in [-0.3, -0.25) is 4.79 Å². The summed E-state index contributed by atoms with van der Waals surface area (Å²) >= 11 is 0. The Labute approximate surface area is 206 Å². The Bertz CT molecular complexity index is 1240. The number of sulfonamides is 1. The average Bonchev–Trinajstić information content (AvgIpc) is 2.87. The summed E-state index contributed by atoms with van der Waals surface area (Å²) in [4.78, 5) is 22.0. The number of nitrogens with two attached hydrogens (primary N) is 1. The summed E-state index contributed by atoms with van der Waals surface area (Å²) in [7, 11) is -3.60. The van der Waals surface area contributed by atoms with Gasteiger partial charge in [0.1, 0.15) is 17.4 Å². The van der Waals surface area contributed by atoms with Crippen molar-refractivity contribution in [3.8, 4) is 5.75 Å². The third-order valence-corrected chi connectivity index (χ3v) is 8.05. The summed E-state index contributed by atoms with van der Waals surface area (Å²) in [6.07, 6.45) is 7.14. The van der Waals surface area contributed by atoms with Crippen molar-refractivity contribution >= 4 is 27.6 Å². The molecule has 1 aromatic heterocycles. The van der Waals surface area contributed by atoms with Gasteiger partial charge in [-0.25, -0.2) is 13.4 Å². The second-order valence-corrected chi connectivity index (χ2v) is 11.1. The van der Waals surface area contributed by atoms with Crippen molar-refractivity contribution in [3.63, 3.8) is 0 Å². The van der Waals surface area contributed by atoms with E-state index in [-0.39, 0.29) is 23.4 Å². The fourth-order valence-electron chi connectivity index (χ4n) is 5.16. The molecule has 5 rings (SSSR count). The van der Waals surface area contributed by atoms with Crippen molar-refractivity contribution < 1.29 is 17.9 Å². The Hall–Kier alpha value is -3.14. The Morgan fingerprint density at radius 3 is 2.77 bits per heavy atom. The predicted octanol–water partition coefficient (Wildman–Crippen LogP) is 2.55. The molecule has 2 fully saturated rings. The van der Waals surface area contributed by atoms with Crippen LogP contribution >= 0.6 is 0 Å². The molecule has 0 spiro atoms. The standard InChI is InChI=1S/C25H31N5O4S/c26-24-23-20(17-35(32,33)28-24)7-4-8-21(23)34-16-18-6-5-13-30(15-18)25(31)19-9-10-27-22(14-19)29-11-2-1-3-12-29/h4,7-10,14,18H,1-3,5-6,11-13,15-17H2,(H2,26,28)/t18-/m0/s1. The van der Waals surface area contributed by atoms with Crippen LogP contribution in [0.2, 0.25) is 0 Å². The first-order valence-corrected chi connectivity index (χ1v) is 13.8. The van der Waals surface area contributed by atoms with E-state index in [1.165, 1.54) is 6.42 Å². The number of rotatable bonds is 5. The lowest BCUT2D eigenvalue weighted by molar-refractivity contribution is 0.0633. The zero-order valence-electron chi connectivity index (χ0n) is 19.7. The molecule has 1 atom stereocenters. The molecule has 0 saturated carbocycles. The highest BCUT2D eigenvalue weighted by molar-refractivity contribution is 7.89. The Morgan fingerprint density at radius 2 is 1.94 bits per heavy atom. The van der Waals surface area contributed by atoms with Crippen LogP contribution in [-0.2, 0) is 15.8 Å². The first-order valence-electron chi connectivity index (χ1n) is 12.2. The van der Waals surface area contributed by atoms with Crippen LogP contribution in [0, 0.1) is 5.92 Å². The number of fused-ring (bicyclic) bond motifs is 1. The highest BCUT2D eigenvalue weighted by atomic mass is 32.2. The highest BCUT2D eigenvalue weighted by Crippen LogP contribution is 2.29. The fraction of sp³-hybridized carbons (Fsp3) is 0.480. The second-order valence-electron chi connectivity index (χ2n) is 9.51. The number of aromatic nitrogens is 1. The number of ether oxygens (including phenoxy) is 1. The van der Waals surface area contributed by atoms with Crippen molar-refractivity contribution in [2.45, 2.75) is 37.9 Å². The van der Waals surface area contributed by atoms with Gasteiger partial charge in [-0.1, -0.05) is 12.1 Å². The number of pyridine rings is 1. The van der Waals surface area contributed by atoms with Crippen LogP contribution in [0.15, 0.2) is 40.9 Å². The number of carbonyl (C=O) groups excluding carboxylic acids is 1. The zero-order valence-corrected chi connectivity index (χ0v) is 20.5. The van der Waals surface area contributed by atoms with Crippen molar-refractivity contribution in [1.82, 2.24) is 9.88 Å². The second kappa shape index (κ2) is 9.85. The van der Waals surface area contributed by atoms with Crippen LogP contribution in [0.1, 0.15) is 53.6 Å². The highest BCUT2D eigenvalue weighted by Gasteiger charge is 2.28. The van der Waals surface area contributed by atoms with Crippen LogP contribution in [0.5, 0.6) is 5.75 Å². The van der Waals surface area contributed by atoms with Gasteiger partial charge in [-0.2, -0.15) is 0 Å². The van der Waals surface area contributed by atoms with Crippen LogP contribution in [0.3, 0.4) is 0 Å². The summed E-state index contributed by atoms with van der Waals surface area (Å²) in [6.45, 7) is 3.70. The van der Waals surface area contributed by atoms with Gasteiger partial charge in [0.2, 0.25) is 0 Å². The maximum Gasteiger partial charge on any atom is 0.259 e. The monoisotopic (exact) mass is 497 g/mol. The van der Waals surface area contributed by atoms with Crippen molar-refractivity contribution in [1.29, 1.82) is 0 Å². The molecule has 10 heteroatoms. The van der Waals surface area contributed by atoms with Gasteiger partial charge in [0.25, 0.3) is 15.9 Å². The molecule has 186 valence electrons. The van der Waals surface area contributed by atoms with Crippen molar-refractivity contribution in [2.75, 3.05) is 37.7 Å². The van der Waals surface area contributed by atoms with Crippen molar-refractivity contribution in [2.24, 2.45) is 16.0 Å². The van der Waals surface area contributed by atoms with E-state index in [1.807, 2.05) is 11.0 Å². The summed E-state index contributed by atoms with van der Waals surface area (Å²) < 4.78 is 33.6. The number of anilines is 1. The molecule has 35 heavy (non-hydrogen) atoms. The average molecular weight is 498 g/mol. The normalized spacial score (nSPS) is 21.7. The van der Waals surface area contributed by atoms with E-state index in [2.05, 4.69) is 14.3 Å². The van der Waals surface area contributed by atoms with Crippen LogP contribution in [0.4, 0.5) is 5.82 Å². The molecule has 9 nitrogen and oxygen atoms in total. The molecule has 2 saturated heterocycles. The summed E-state index contributed by atoms with van der Waals surface area (Å²) in [5.74, 6) is 1.37. The van der Waals surface area contributed by atoms with E-state index in [1.54, 1.807) is 30.5 Å². The molecule has 3 aliphatic heterocycles. The number of benzene rings is 1. The number of carbonyl (C=O) groups is 1. The lowest BCUT2D eigenvalue weighted by Gasteiger charge is -2.33. The third kappa shape index (κ3) is 5.27. The number of amides is 1. The number of hydrogen-bond acceptors (Lipinski definition) is 7. The van der Waals surface area contributed by atoms with E-state index in [0.29, 0.717) is 35.6 Å². The molecule has 0 radical (unpaired) electrons. The Morgan fingerprint density at radius 1 is 1.11 bits per heavy atom. The molecule has 4 heterocycles. The Kier molecular flexibility index (Phi) is 6.64. The molecule has 3 aliphatic rings. The van der Waals surface area contributed by atoms with Crippen LogP contribution in [0.25, 0.3) is 0 Å². The Balaban J connectivity index is 1.24. The van der Waals surface area contributed by atoms with E-state index >= 15 is 0 Å². The lowest BCUT2D eigenvalue weighted by Crippen LogP contribution is -2.41. The maximum atomic E-state index is 13.3. The summed E-state index contributed by atoms with van der Waals surface area (Å²) in [6, 6.07) is 8.99. The van der Waals surface area contributed by atoms with Gasteiger partial charge < -0.3 is 20.3 Å². The molecular formula is C25H31N5O4S. The van der Waals surface area contributed by atoms with E-state index < -0.39 is 10.0 Å². The number of hydrogen-bond donors (Lipinski definition) is 1. The maximum absolute atomic E-state index is 13.3. The zero-order chi connectivity index (χ0) is 24.4. The molecule has 0 unspecified atom stereocenters. The van der Waals surface area contributed by atoms with Crippen LogP contribution < -0.4 is 15.4 Å². The minimum absolute atomic E-state index is 0.0223. The molecule has 1 amide bonds. The number of nitrogens with zero attached hydrogens (tertiary/aromatic N) is 4. The smallest absolute Gasteiger partial charge is 0.259 e. The van der Waals surface area contributed by atoms with Gasteiger partial charge in [0, 0.05) is 43.9 Å². The summed E-state index contributed by atoms with van der Waals surface area (Å²) in [5, 5.41) is 0. The number of amidine groups is 1. The molecule has 0 bridgehead atoms. The number of piperidine rings is 2. The third-order valence-electron chi connectivity index (χ3n) is 6.90. The van der Waals surface area contributed by atoms with Crippen LogP contribution in [-0.4, -0.2) is 62.8 Å². The number of likely N-dealkylation sites (tertiary alicyclic amines) is 1. The van der Waals surface area contributed by atoms with Gasteiger partial charge in [-0.15, -0.1) is 4.40 Å². The summed E-state index contributed by atoms with van der Waals surface area (Å²) in [5.41, 5.74) is 7.77. The van der Waals surface area contributed by atoms with Gasteiger partial charge in [0.15, 0.2) is 0 Å². The topological polar surface area (TPSA) is 118 Å². The predicted molar refractivity (Wildman–Crippen MR) is 134 cm³/mol. The first kappa shape index (κ1) is 23.6. The van der Waals surface area contributed by atoms with E-state index in [9.17, 15) is 13.2 Å². The molecular weight excluding hydrogens is 466 g/mol.